The maximum absolute atomic E-state index is 12.7. The second-order valence-electron chi connectivity index (χ2n) is 8.62. The molecule has 158 valence electrons. The Morgan fingerprint density at radius 1 is 1.10 bits per heavy atom. The summed E-state index contributed by atoms with van der Waals surface area (Å²) in [7, 11) is 0. The molecule has 2 saturated heterocycles. The van der Waals surface area contributed by atoms with Crippen LogP contribution in [0.1, 0.15) is 30.5 Å². The highest BCUT2D eigenvalue weighted by atomic mass is 16.3. The van der Waals surface area contributed by atoms with E-state index in [4.69, 9.17) is 9.97 Å². The Kier molecular flexibility index (Phi) is 5.39. The third-order valence-corrected chi connectivity index (χ3v) is 6.62. The van der Waals surface area contributed by atoms with Crippen molar-refractivity contribution in [2.75, 3.05) is 31.1 Å². The molecule has 2 aromatic rings. The topological polar surface area (TPSA) is 90.4 Å². The minimum Gasteiger partial charge on any atom is -0.390 e. The van der Waals surface area contributed by atoms with Crippen molar-refractivity contribution in [1.29, 1.82) is 0 Å². The zero-order valence-electron chi connectivity index (χ0n) is 17.2. The summed E-state index contributed by atoms with van der Waals surface area (Å²) in [5.41, 5.74) is 3.52. The summed E-state index contributed by atoms with van der Waals surface area (Å²) in [6, 6.07) is 9.99. The predicted molar refractivity (Wildman–Crippen MR) is 115 cm³/mol. The van der Waals surface area contributed by atoms with Crippen molar-refractivity contribution >= 4 is 11.7 Å². The largest absolute Gasteiger partial charge is 0.390 e. The number of nitrogens with zero attached hydrogens (tertiary/aromatic N) is 3. The fourth-order valence-electron chi connectivity index (χ4n) is 4.86. The van der Waals surface area contributed by atoms with Crippen molar-refractivity contribution in [2.24, 2.45) is 5.92 Å². The molecule has 5 rings (SSSR count). The minimum absolute atomic E-state index is 0.00229. The van der Waals surface area contributed by atoms with Crippen LogP contribution >= 0.6 is 0 Å². The third kappa shape index (κ3) is 3.79. The van der Waals surface area contributed by atoms with Crippen LogP contribution in [-0.4, -0.2) is 59.3 Å². The Bertz CT molecular complexity index is 911. The standard InChI is InChI=1S/C23H29N5O2/c29-20-14-24-13-19(20)26-23(30)16-9-11-28(12-10-16)22-17-7-4-8-18(17)25-21(27-22)15-5-2-1-3-6-15/h1-3,5-6,16,19-20,24,29H,4,7-14H2,(H,26,30)/t19-,20-/m1/s1. The van der Waals surface area contributed by atoms with Crippen LogP contribution < -0.4 is 15.5 Å². The maximum atomic E-state index is 12.7. The number of carbonyl (C=O) groups is 1. The highest BCUT2D eigenvalue weighted by Crippen LogP contribution is 2.33. The number of carbonyl (C=O) groups excluding carboxylic acids is 1. The monoisotopic (exact) mass is 407 g/mol. The molecular weight excluding hydrogens is 378 g/mol. The summed E-state index contributed by atoms with van der Waals surface area (Å²) in [4.78, 5) is 24.8. The maximum Gasteiger partial charge on any atom is 0.223 e. The fourth-order valence-corrected chi connectivity index (χ4v) is 4.86. The summed E-state index contributed by atoms with van der Waals surface area (Å²) in [5, 5.41) is 16.1. The van der Waals surface area contributed by atoms with Crippen LogP contribution in [0, 0.1) is 5.92 Å². The number of rotatable bonds is 4. The summed E-state index contributed by atoms with van der Waals surface area (Å²) in [6.07, 6.45) is 4.30. The molecule has 3 aliphatic rings. The molecule has 0 saturated carbocycles. The first-order valence-corrected chi connectivity index (χ1v) is 11.1. The molecule has 3 heterocycles. The zero-order chi connectivity index (χ0) is 20.5. The lowest BCUT2D eigenvalue weighted by atomic mass is 9.95. The first-order chi connectivity index (χ1) is 14.7. The normalized spacial score (nSPS) is 24.1. The molecule has 2 aliphatic heterocycles. The Morgan fingerprint density at radius 2 is 1.90 bits per heavy atom. The van der Waals surface area contributed by atoms with E-state index in [0.29, 0.717) is 13.1 Å². The van der Waals surface area contributed by atoms with Gasteiger partial charge in [-0.3, -0.25) is 4.79 Å². The summed E-state index contributed by atoms with van der Waals surface area (Å²) in [5.74, 6) is 1.93. The lowest BCUT2D eigenvalue weighted by Crippen LogP contribution is -2.48. The number of aliphatic hydroxyl groups excluding tert-OH is 1. The minimum atomic E-state index is -0.492. The Labute approximate surface area is 176 Å². The van der Waals surface area contributed by atoms with Crippen molar-refractivity contribution in [2.45, 2.75) is 44.2 Å². The fraction of sp³-hybridized carbons (Fsp3) is 0.522. The van der Waals surface area contributed by atoms with E-state index < -0.39 is 6.10 Å². The third-order valence-electron chi connectivity index (χ3n) is 6.62. The first-order valence-electron chi connectivity index (χ1n) is 11.1. The van der Waals surface area contributed by atoms with E-state index in [-0.39, 0.29) is 17.9 Å². The molecule has 0 spiro atoms. The lowest BCUT2D eigenvalue weighted by Gasteiger charge is -2.34. The van der Waals surface area contributed by atoms with E-state index in [2.05, 4.69) is 27.7 Å². The number of piperidine rings is 1. The molecule has 2 fully saturated rings. The highest BCUT2D eigenvalue weighted by molar-refractivity contribution is 5.79. The van der Waals surface area contributed by atoms with Crippen molar-refractivity contribution in [3.8, 4) is 11.4 Å². The number of aryl methyl sites for hydroxylation is 1. The highest BCUT2D eigenvalue weighted by Gasteiger charge is 2.32. The molecule has 1 amide bonds. The van der Waals surface area contributed by atoms with Crippen LogP contribution in [0.4, 0.5) is 5.82 Å². The molecule has 0 bridgehead atoms. The van der Waals surface area contributed by atoms with Gasteiger partial charge in [0.2, 0.25) is 5.91 Å². The average Bonchev–Trinajstić information content (AvgIpc) is 3.42. The number of aromatic nitrogens is 2. The molecule has 1 aliphatic carbocycles. The molecule has 1 aromatic heterocycles. The SMILES string of the molecule is O=C(N[C@@H]1CNC[C@H]1O)C1CCN(c2nc(-c3ccccc3)nc3c2CCC3)CC1. The molecular formula is C23H29N5O2. The molecule has 2 atom stereocenters. The number of hydrogen-bond acceptors (Lipinski definition) is 6. The van der Waals surface area contributed by atoms with E-state index in [1.807, 2.05) is 18.2 Å². The van der Waals surface area contributed by atoms with Gasteiger partial charge in [-0.1, -0.05) is 30.3 Å². The van der Waals surface area contributed by atoms with Gasteiger partial charge >= 0.3 is 0 Å². The van der Waals surface area contributed by atoms with Gasteiger partial charge in [-0.2, -0.15) is 0 Å². The van der Waals surface area contributed by atoms with Crippen LogP contribution in [0.25, 0.3) is 11.4 Å². The van der Waals surface area contributed by atoms with Gasteiger partial charge < -0.3 is 20.6 Å². The van der Waals surface area contributed by atoms with Crippen LogP contribution in [-0.2, 0) is 17.6 Å². The Morgan fingerprint density at radius 3 is 2.63 bits per heavy atom. The van der Waals surface area contributed by atoms with Crippen LogP contribution in [0.15, 0.2) is 30.3 Å². The molecule has 0 radical (unpaired) electrons. The second kappa shape index (κ2) is 8.32. The van der Waals surface area contributed by atoms with Gasteiger partial charge in [0, 0.05) is 48.9 Å². The van der Waals surface area contributed by atoms with E-state index in [1.165, 1.54) is 11.3 Å². The van der Waals surface area contributed by atoms with Crippen molar-refractivity contribution in [3.63, 3.8) is 0 Å². The number of amides is 1. The quantitative estimate of drug-likeness (QED) is 0.708. The molecule has 7 heteroatoms. The molecule has 7 nitrogen and oxygen atoms in total. The zero-order valence-corrected chi connectivity index (χ0v) is 17.2. The molecule has 30 heavy (non-hydrogen) atoms. The molecule has 3 N–H and O–H groups in total. The average molecular weight is 408 g/mol. The van der Waals surface area contributed by atoms with Crippen molar-refractivity contribution < 1.29 is 9.90 Å². The number of nitrogens with one attached hydrogen (secondary N) is 2. The van der Waals surface area contributed by atoms with Gasteiger partial charge in [0.05, 0.1) is 12.1 Å². The van der Waals surface area contributed by atoms with Gasteiger partial charge in [0.15, 0.2) is 5.82 Å². The van der Waals surface area contributed by atoms with E-state index in [9.17, 15) is 9.90 Å². The number of fused-ring (bicyclic) bond motifs is 1. The summed E-state index contributed by atoms with van der Waals surface area (Å²) in [6.45, 7) is 2.83. The molecule has 1 aromatic carbocycles. The number of β-amino-alcohol motifs (C(OH)–C–C–N with tert-alkyl or cyclic N) is 1. The summed E-state index contributed by atoms with van der Waals surface area (Å²) >= 11 is 0. The molecule has 0 unspecified atom stereocenters. The van der Waals surface area contributed by atoms with E-state index >= 15 is 0 Å². The Balaban J connectivity index is 1.30. The van der Waals surface area contributed by atoms with Crippen LogP contribution in [0.2, 0.25) is 0 Å². The van der Waals surface area contributed by atoms with Crippen LogP contribution in [0.3, 0.4) is 0 Å². The Hall–Kier alpha value is -2.51. The van der Waals surface area contributed by atoms with Crippen molar-refractivity contribution in [1.82, 2.24) is 20.6 Å². The lowest BCUT2D eigenvalue weighted by molar-refractivity contribution is -0.126. The number of aliphatic hydroxyl groups is 1. The summed E-state index contributed by atoms with van der Waals surface area (Å²) < 4.78 is 0. The smallest absolute Gasteiger partial charge is 0.223 e. The van der Waals surface area contributed by atoms with Gasteiger partial charge in [0.1, 0.15) is 5.82 Å². The van der Waals surface area contributed by atoms with Gasteiger partial charge in [0.25, 0.3) is 0 Å². The van der Waals surface area contributed by atoms with Crippen molar-refractivity contribution in [3.05, 3.63) is 41.6 Å². The first kappa shape index (κ1) is 19.5. The number of anilines is 1. The van der Waals surface area contributed by atoms with Gasteiger partial charge in [-0.05, 0) is 32.1 Å². The predicted octanol–water partition coefficient (Wildman–Crippen LogP) is 1.30. The second-order valence-corrected chi connectivity index (χ2v) is 8.62. The van der Waals surface area contributed by atoms with E-state index in [0.717, 1.165) is 62.4 Å². The van der Waals surface area contributed by atoms with Crippen LogP contribution in [0.5, 0.6) is 0 Å². The van der Waals surface area contributed by atoms with Gasteiger partial charge in [-0.15, -0.1) is 0 Å². The number of hydrogen-bond donors (Lipinski definition) is 3. The van der Waals surface area contributed by atoms with Gasteiger partial charge in [-0.25, -0.2) is 9.97 Å². The van der Waals surface area contributed by atoms with E-state index in [1.54, 1.807) is 0 Å². The number of benzene rings is 1.